The van der Waals surface area contributed by atoms with Crippen LogP contribution in [0.25, 0.3) is 0 Å². The number of rotatable bonds is 1. The summed E-state index contributed by atoms with van der Waals surface area (Å²) >= 11 is 0. The standard InChI is InChI=1S/C14H19N/c1-2-14-12(7-5-9-15-14)10-11-6-3-4-8-13(11)14/h3-4,6,8,12,15H,2,5,7,9-10H2,1H3/t12-,14-/m0/s1. The quantitative estimate of drug-likeness (QED) is 0.736. The van der Waals surface area contributed by atoms with Crippen LogP contribution in [0, 0.1) is 5.92 Å². The Bertz CT molecular complexity index is 371. The van der Waals surface area contributed by atoms with Crippen LogP contribution < -0.4 is 5.32 Å². The molecule has 1 aromatic rings. The van der Waals surface area contributed by atoms with Crippen LogP contribution in [-0.4, -0.2) is 6.54 Å². The summed E-state index contributed by atoms with van der Waals surface area (Å²) in [6, 6.07) is 9.01. The van der Waals surface area contributed by atoms with Gasteiger partial charge in [0.25, 0.3) is 0 Å². The topological polar surface area (TPSA) is 12.0 Å². The van der Waals surface area contributed by atoms with Crippen LogP contribution in [0.5, 0.6) is 0 Å². The molecule has 1 fully saturated rings. The fourth-order valence-corrected chi connectivity index (χ4v) is 3.65. The van der Waals surface area contributed by atoms with Crippen molar-refractivity contribution in [3.8, 4) is 0 Å². The molecular weight excluding hydrogens is 182 g/mol. The van der Waals surface area contributed by atoms with Crippen molar-refractivity contribution in [1.29, 1.82) is 0 Å². The largest absolute Gasteiger partial charge is 0.307 e. The monoisotopic (exact) mass is 201 g/mol. The van der Waals surface area contributed by atoms with Crippen LogP contribution in [0.3, 0.4) is 0 Å². The van der Waals surface area contributed by atoms with E-state index in [1.54, 1.807) is 11.1 Å². The Morgan fingerprint density at radius 2 is 2.27 bits per heavy atom. The van der Waals surface area contributed by atoms with Crippen molar-refractivity contribution < 1.29 is 0 Å². The summed E-state index contributed by atoms with van der Waals surface area (Å²) in [5, 5.41) is 3.80. The summed E-state index contributed by atoms with van der Waals surface area (Å²) in [5.74, 6) is 0.841. The van der Waals surface area contributed by atoms with Crippen molar-refractivity contribution in [3.63, 3.8) is 0 Å². The van der Waals surface area contributed by atoms with E-state index in [-0.39, 0.29) is 0 Å². The van der Waals surface area contributed by atoms with E-state index < -0.39 is 0 Å². The number of hydrogen-bond donors (Lipinski definition) is 1. The fraction of sp³-hybridized carbons (Fsp3) is 0.571. The summed E-state index contributed by atoms with van der Waals surface area (Å²) in [7, 11) is 0. The second-order valence-electron chi connectivity index (χ2n) is 4.95. The predicted molar refractivity (Wildman–Crippen MR) is 62.8 cm³/mol. The molecule has 1 aromatic carbocycles. The van der Waals surface area contributed by atoms with Gasteiger partial charge < -0.3 is 5.32 Å². The second-order valence-corrected chi connectivity index (χ2v) is 4.95. The molecule has 80 valence electrons. The summed E-state index contributed by atoms with van der Waals surface area (Å²) in [5.41, 5.74) is 3.48. The first-order chi connectivity index (χ1) is 7.37. The van der Waals surface area contributed by atoms with Crippen molar-refractivity contribution in [2.24, 2.45) is 5.92 Å². The van der Waals surface area contributed by atoms with Crippen molar-refractivity contribution in [2.75, 3.05) is 6.54 Å². The van der Waals surface area contributed by atoms with E-state index in [2.05, 4.69) is 36.5 Å². The van der Waals surface area contributed by atoms with Crippen LogP contribution in [0.1, 0.15) is 37.3 Å². The van der Waals surface area contributed by atoms with Gasteiger partial charge in [0.05, 0.1) is 0 Å². The van der Waals surface area contributed by atoms with E-state index in [0.29, 0.717) is 5.54 Å². The zero-order chi connectivity index (χ0) is 10.3. The third-order valence-electron chi connectivity index (χ3n) is 4.39. The Morgan fingerprint density at radius 3 is 3.13 bits per heavy atom. The number of benzene rings is 1. The van der Waals surface area contributed by atoms with Gasteiger partial charge in [-0.05, 0) is 49.3 Å². The number of piperidine rings is 1. The Morgan fingerprint density at radius 1 is 1.40 bits per heavy atom. The molecule has 0 amide bonds. The Labute approximate surface area is 91.9 Å². The molecule has 0 aromatic heterocycles. The highest BCUT2D eigenvalue weighted by Crippen LogP contribution is 2.47. The van der Waals surface area contributed by atoms with E-state index in [0.717, 1.165) is 5.92 Å². The molecule has 3 rings (SSSR count). The molecule has 1 nitrogen and oxygen atoms in total. The van der Waals surface area contributed by atoms with Gasteiger partial charge in [-0.25, -0.2) is 0 Å². The van der Waals surface area contributed by atoms with Gasteiger partial charge in [0, 0.05) is 5.54 Å². The molecule has 1 aliphatic carbocycles. The highest BCUT2D eigenvalue weighted by molar-refractivity contribution is 5.40. The molecule has 0 unspecified atom stereocenters. The summed E-state index contributed by atoms with van der Waals surface area (Å²) in [6.45, 7) is 3.52. The molecule has 0 radical (unpaired) electrons. The first-order valence-electron chi connectivity index (χ1n) is 6.20. The first-order valence-corrected chi connectivity index (χ1v) is 6.20. The minimum absolute atomic E-state index is 0.314. The maximum atomic E-state index is 3.80. The van der Waals surface area contributed by atoms with E-state index in [9.17, 15) is 0 Å². The zero-order valence-electron chi connectivity index (χ0n) is 9.42. The smallest absolute Gasteiger partial charge is 0.0466 e. The maximum absolute atomic E-state index is 3.80. The molecule has 1 heteroatoms. The Hall–Kier alpha value is -0.820. The molecule has 15 heavy (non-hydrogen) atoms. The molecular formula is C14H19N. The van der Waals surface area contributed by atoms with E-state index in [1.165, 1.54) is 32.2 Å². The molecule has 1 saturated heterocycles. The van der Waals surface area contributed by atoms with Crippen LogP contribution in [0.4, 0.5) is 0 Å². The van der Waals surface area contributed by atoms with Gasteiger partial charge >= 0.3 is 0 Å². The average Bonchev–Trinajstić information content (AvgIpc) is 2.64. The fourth-order valence-electron chi connectivity index (χ4n) is 3.65. The van der Waals surface area contributed by atoms with Crippen LogP contribution in [0.2, 0.25) is 0 Å². The first kappa shape index (κ1) is 9.41. The van der Waals surface area contributed by atoms with Crippen molar-refractivity contribution in [3.05, 3.63) is 35.4 Å². The minimum atomic E-state index is 0.314. The average molecular weight is 201 g/mol. The number of hydrogen-bond acceptors (Lipinski definition) is 1. The minimum Gasteiger partial charge on any atom is -0.307 e. The van der Waals surface area contributed by atoms with Gasteiger partial charge in [-0.1, -0.05) is 31.2 Å². The van der Waals surface area contributed by atoms with Gasteiger partial charge in [0.15, 0.2) is 0 Å². The Kier molecular flexibility index (Phi) is 2.10. The van der Waals surface area contributed by atoms with Gasteiger partial charge in [0.1, 0.15) is 0 Å². The molecule has 2 atom stereocenters. The maximum Gasteiger partial charge on any atom is 0.0466 e. The molecule has 1 N–H and O–H groups in total. The van der Waals surface area contributed by atoms with Gasteiger partial charge in [-0.15, -0.1) is 0 Å². The molecule has 0 saturated carbocycles. The molecule has 0 spiro atoms. The zero-order valence-corrected chi connectivity index (χ0v) is 9.42. The van der Waals surface area contributed by atoms with Gasteiger partial charge in [0.2, 0.25) is 0 Å². The summed E-state index contributed by atoms with van der Waals surface area (Å²) < 4.78 is 0. The van der Waals surface area contributed by atoms with Crippen LogP contribution in [0.15, 0.2) is 24.3 Å². The highest BCUT2D eigenvalue weighted by atomic mass is 15.0. The van der Waals surface area contributed by atoms with Crippen molar-refractivity contribution >= 4 is 0 Å². The molecule has 1 heterocycles. The third kappa shape index (κ3) is 1.19. The van der Waals surface area contributed by atoms with Gasteiger partial charge in [-0.2, -0.15) is 0 Å². The number of fused-ring (bicyclic) bond motifs is 3. The lowest BCUT2D eigenvalue weighted by molar-refractivity contribution is 0.170. The van der Waals surface area contributed by atoms with Gasteiger partial charge in [-0.3, -0.25) is 0 Å². The molecule has 0 bridgehead atoms. The highest BCUT2D eigenvalue weighted by Gasteiger charge is 2.45. The lowest BCUT2D eigenvalue weighted by Crippen LogP contribution is -2.49. The van der Waals surface area contributed by atoms with Crippen molar-refractivity contribution in [1.82, 2.24) is 5.32 Å². The lowest BCUT2D eigenvalue weighted by atomic mass is 9.76. The molecule has 1 aliphatic heterocycles. The summed E-state index contributed by atoms with van der Waals surface area (Å²) in [4.78, 5) is 0. The lowest BCUT2D eigenvalue weighted by Gasteiger charge is -2.41. The van der Waals surface area contributed by atoms with Crippen LogP contribution >= 0.6 is 0 Å². The summed E-state index contributed by atoms with van der Waals surface area (Å²) in [6.07, 6.45) is 5.27. The third-order valence-corrected chi connectivity index (χ3v) is 4.39. The van der Waals surface area contributed by atoms with E-state index >= 15 is 0 Å². The van der Waals surface area contributed by atoms with Crippen molar-refractivity contribution in [2.45, 2.75) is 38.1 Å². The molecule has 2 aliphatic rings. The normalized spacial score (nSPS) is 33.5. The Balaban J connectivity index is 2.11. The predicted octanol–water partition coefficient (Wildman–Crippen LogP) is 2.85. The second kappa shape index (κ2) is 3.34. The SMILES string of the molecule is CC[C@]12NCCC[C@H]1Cc1ccccc12. The number of nitrogens with one attached hydrogen (secondary N) is 1. The van der Waals surface area contributed by atoms with E-state index in [4.69, 9.17) is 0 Å². The van der Waals surface area contributed by atoms with Crippen LogP contribution in [-0.2, 0) is 12.0 Å². The van der Waals surface area contributed by atoms with E-state index in [1.807, 2.05) is 0 Å².